The molecule has 2 aromatic rings. The van der Waals surface area contributed by atoms with Gasteiger partial charge in [-0.1, -0.05) is 23.2 Å². The Labute approximate surface area is 143 Å². The van der Waals surface area contributed by atoms with Gasteiger partial charge in [0.25, 0.3) is 15.7 Å². The normalized spacial score (nSPS) is 11.3. The Bertz CT molecular complexity index is 898. The Kier molecular flexibility index (Phi) is 4.84. The molecule has 0 bridgehead atoms. The largest absolute Gasteiger partial charge is 0.293 e. The maximum Gasteiger partial charge on any atom is 0.293 e. The quantitative estimate of drug-likeness (QED) is 0.637. The summed E-state index contributed by atoms with van der Waals surface area (Å²) in [5, 5.41) is 11.4. The molecule has 0 fully saturated rings. The number of anilines is 1. The molecule has 0 saturated carbocycles. The number of nitrogens with one attached hydrogen (secondary N) is 1. The second kappa shape index (κ2) is 6.35. The summed E-state index contributed by atoms with van der Waals surface area (Å²) in [6.07, 6.45) is 0. The van der Waals surface area contributed by atoms with Crippen LogP contribution in [0, 0.1) is 24.0 Å². The van der Waals surface area contributed by atoms with Gasteiger partial charge >= 0.3 is 0 Å². The third-order valence-corrected chi connectivity index (χ3v) is 5.36. The molecule has 0 aliphatic rings. The molecule has 2 aromatic carbocycles. The van der Waals surface area contributed by atoms with Crippen LogP contribution in [0.1, 0.15) is 11.1 Å². The highest BCUT2D eigenvalue weighted by Gasteiger charge is 2.22. The molecule has 0 spiro atoms. The standard InChI is InChI=1S/C14H12Cl2N2O4S/c1-8-5-13(14(18(19)20)6-9(8)2)17-23(21,22)10-3-4-11(15)12(16)7-10/h3-7,17H,1-2H3. The van der Waals surface area contributed by atoms with Gasteiger partial charge in [-0.05, 0) is 49.2 Å². The first-order valence-corrected chi connectivity index (χ1v) is 8.59. The highest BCUT2D eigenvalue weighted by atomic mass is 35.5. The summed E-state index contributed by atoms with van der Waals surface area (Å²) < 4.78 is 27.0. The summed E-state index contributed by atoms with van der Waals surface area (Å²) >= 11 is 11.6. The molecule has 0 aromatic heterocycles. The molecule has 0 amide bonds. The minimum atomic E-state index is -4.04. The van der Waals surface area contributed by atoms with Crippen molar-refractivity contribution < 1.29 is 13.3 Å². The van der Waals surface area contributed by atoms with Crippen molar-refractivity contribution >= 4 is 44.6 Å². The van der Waals surface area contributed by atoms with Crippen molar-refractivity contribution in [3.05, 3.63) is 61.6 Å². The van der Waals surface area contributed by atoms with Crippen LogP contribution < -0.4 is 4.72 Å². The van der Waals surface area contributed by atoms with Crippen LogP contribution in [-0.4, -0.2) is 13.3 Å². The van der Waals surface area contributed by atoms with E-state index in [2.05, 4.69) is 4.72 Å². The zero-order valence-corrected chi connectivity index (χ0v) is 14.5. The maximum absolute atomic E-state index is 12.4. The van der Waals surface area contributed by atoms with E-state index in [-0.39, 0.29) is 26.3 Å². The molecule has 122 valence electrons. The van der Waals surface area contributed by atoms with Crippen LogP contribution in [0.4, 0.5) is 11.4 Å². The van der Waals surface area contributed by atoms with Gasteiger partial charge in [0.1, 0.15) is 5.69 Å². The third kappa shape index (κ3) is 3.74. The summed E-state index contributed by atoms with van der Waals surface area (Å²) in [6, 6.07) is 6.53. The van der Waals surface area contributed by atoms with Crippen LogP contribution in [0.3, 0.4) is 0 Å². The van der Waals surface area contributed by atoms with E-state index in [1.807, 2.05) is 0 Å². The summed E-state index contributed by atoms with van der Waals surface area (Å²) in [7, 11) is -4.04. The molecule has 0 heterocycles. The van der Waals surface area contributed by atoms with E-state index in [4.69, 9.17) is 23.2 Å². The van der Waals surface area contributed by atoms with Crippen LogP contribution in [-0.2, 0) is 10.0 Å². The lowest BCUT2D eigenvalue weighted by Crippen LogP contribution is -2.14. The SMILES string of the molecule is Cc1cc(NS(=O)(=O)c2ccc(Cl)c(Cl)c2)c([N+](=O)[O-])cc1C. The van der Waals surface area contributed by atoms with Crippen LogP contribution >= 0.6 is 23.2 Å². The Hall–Kier alpha value is -1.83. The minimum Gasteiger partial charge on any atom is -0.273 e. The van der Waals surface area contributed by atoms with Gasteiger partial charge in [-0.15, -0.1) is 0 Å². The number of rotatable bonds is 4. The number of nitro benzene ring substituents is 1. The predicted molar refractivity (Wildman–Crippen MR) is 89.8 cm³/mol. The monoisotopic (exact) mass is 374 g/mol. The van der Waals surface area contributed by atoms with Crippen LogP contribution in [0.25, 0.3) is 0 Å². The minimum absolute atomic E-state index is 0.0733. The lowest BCUT2D eigenvalue weighted by molar-refractivity contribution is -0.383. The average Bonchev–Trinajstić information content (AvgIpc) is 2.44. The van der Waals surface area contributed by atoms with Crippen LogP contribution in [0.15, 0.2) is 35.2 Å². The van der Waals surface area contributed by atoms with Gasteiger partial charge in [-0.3, -0.25) is 14.8 Å². The molecule has 0 radical (unpaired) electrons. The molecular formula is C14H12Cl2N2O4S. The molecule has 1 N–H and O–H groups in total. The summed E-state index contributed by atoms with van der Waals surface area (Å²) in [5.74, 6) is 0. The summed E-state index contributed by atoms with van der Waals surface area (Å²) in [5.41, 5.74) is 0.984. The zero-order chi connectivity index (χ0) is 17.4. The maximum atomic E-state index is 12.4. The van der Waals surface area contributed by atoms with E-state index in [0.717, 1.165) is 5.56 Å². The molecular weight excluding hydrogens is 363 g/mol. The molecule has 6 nitrogen and oxygen atoms in total. The molecule has 0 aliphatic carbocycles. The third-order valence-electron chi connectivity index (χ3n) is 3.25. The van der Waals surface area contributed by atoms with Crippen molar-refractivity contribution in [1.29, 1.82) is 0 Å². The van der Waals surface area contributed by atoms with Crippen molar-refractivity contribution in [2.24, 2.45) is 0 Å². The predicted octanol–water partition coefficient (Wildman–Crippen LogP) is 4.32. The highest BCUT2D eigenvalue weighted by molar-refractivity contribution is 7.92. The molecule has 0 atom stereocenters. The second-order valence-electron chi connectivity index (χ2n) is 4.89. The second-order valence-corrected chi connectivity index (χ2v) is 7.39. The Morgan fingerprint density at radius 1 is 1.04 bits per heavy atom. The van der Waals surface area contributed by atoms with Gasteiger partial charge in [0, 0.05) is 6.07 Å². The first-order valence-electron chi connectivity index (χ1n) is 6.35. The average molecular weight is 375 g/mol. The fraction of sp³-hybridized carbons (Fsp3) is 0.143. The number of benzene rings is 2. The van der Waals surface area contributed by atoms with Crippen molar-refractivity contribution in [2.45, 2.75) is 18.7 Å². The molecule has 0 saturated heterocycles. The molecule has 2 rings (SSSR count). The molecule has 0 unspecified atom stereocenters. The lowest BCUT2D eigenvalue weighted by Gasteiger charge is -2.11. The van der Waals surface area contributed by atoms with E-state index in [1.165, 1.54) is 30.3 Å². The zero-order valence-electron chi connectivity index (χ0n) is 12.1. The Morgan fingerprint density at radius 3 is 2.22 bits per heavy atom. The van der Waals surface area contributed by atoms with Gasteiger partial charge < -0.3 is 0 Å². The number of nitro groups is 1. The van der Waals surface area contributed by atoms with Crippen LogP contribution in [0.2, 0.25) is 10.0 Å². The van der Waals surface area contributed by atoms with Gasteiger partial charge in [0.15, 0.2) is 0 Å². The first kappa shape index (κ1) is 17.5. The lowest BCUT2D eigenvalue weighted by atomic mass is 10.1. The van der Waals surface area contributed by atoms with Crippen LogP contribution in [0.5, 0.6) is 0 Å². The van der Waals surface area contributed by atoms with Crippen molar-refractivity contribution in [2.75, 3.05) is 4.72 Å². The van der Waals surface area contributed by atoms with Gasteiger partial charge in [0.2, 0.25) is 0 Å². The first-order chi connectivity index (χ1) is 10.6. The molecule has 0 aliphatic heterocycles. The fourth-order valence-corrected chi connectivity index (χ4v) is 3.34. The van der Waals surface area contributed by atoms with E-state index >= 15 is 0 Å². The van der Waals surface area contributed by atoms with Gasteiger partial charge in [0.05, 0.1) is 19.9 Å². The number of nitrogens with zero attached hydrogens (tertiary/aromatic N) is 1. The number of halogens is 2. The van der Waals surface area contributed by atoms with Crippen molar-refractivity contribution in [3.63, 3.8) is 0 Å². The van der Waals surface area contributed by atoms with Crippen molar-refractivity contribution in [1.82, 2.24) is 0 Å². The Morgan fingerprint density at radius 2 is 1.65 bits per heavy atom. The molecule has 23 heavy (non-hydrogen) atoms. The van der Waals surface area contributed by atoms with Crippen molar-refractivity contribution in [3.8, 4) is 0 Å². The number of aryl methyl sites for hydroxylation is 2. The van der Waals surface area contributed by atoms with Gasteiger partial charge in [-0.25, -0.2) is 8.42 Å². The Balaban J connectivity index is 2.50. The summed E-state index contributed by atoms with van der Waals surface area (Å²) in [4.78, 5) is 10.4. The number of hydrogen-bond acceptors (Lipinski definition) is 4. The van der Waals surface area contributed by atoms with E-state index < -0.39 is 14.9 Å². The summed E-state index contributed by atoms with van der Waals surface area (Å²) in [6.45, 7) is 3.44. The van der Waals surface area contributed by atoms with E-state index in [9.17, 15) is 18.5 Å². The fourth-order valence-electron chi connectivity index (χ4n) is 1.88. The highest BCUT2D eigenvalue weighted by Crippen LogP contribution is 2.31. The van der Waals surface area contributed by atoms with E-state index in [1.54, 1.807) is 13.8 Å². The smallest absolute Gasteiger partial charge is 0.273 e. The van der Waals surface area contributed by atoms with E-state index in [0.29, 0.717) is 5.56 Å². The van der Waals surface area contributed by atoms with Gasteiger partial charge in [-0.2, -0.15) is 0 Å². The number of sulfonamides is 1. The molecule has 9 heteroatoms. The number of hydrogen-bond donors (Lipinski definition) is 1. The topological polar surface area (TPSA) is 89.3 Å².